The third-order valence-electron chi connectivity index (χ3n) is 2.92. The summed E-state index contributed by atoms with van der Waals surface area (Å²) >= 11 is 2.99. The van der Waals surface area contributed by atoms with E-state index in [1.54, 1.807) is 12.1 Å². The summed E-state index contributed by atoms with van der Waals surface area (Å²) in [7, 11) is 0. The number of halogens is 1. The highest BCUT2D eigenvalue weighted by atomic mass is 79.9. The second kappa shape index (κ2) is 6.56. The fraction of sp³-hybridized carbons (Fsp3) is 0.286. The average Bonchev–Trinajstić information content (AvgIpc) is 2.83. The number of hydrogen-bond acceptors (Lipinski definition) is 4. The summed E-state index contributed by atoms with van der Waals surface area (Å²) in [5.41, 5.74) is 2.53. The molecule has 0 saturated heterocycles. The minimum atomic E-state index is -0.165. The molecule has 6 heteroatoms. The monoisotopic (exact) mass is 338 g/mol. The summed E-state index contributed by atoms with van der Waals surface area (Å²) < 4.78 is 5.36. The first-order valence-electron chi connectivity index (χ1n) is 6.30. The van der Waals surface area contributed by atoms with Crippen molar-refractivity contribution in [1.82, 2.24) is 9.94 Å². The largest absolute Gasteiger partial charge is 0.472 e. The molecule has 0 aliphatic carbocycles. The smallest absolute Gasteiger partial charge is 0.236 e. The van der Waals surface area contributed by atoms with Crippen LogP contribution in [0.5, 0.6) is 5.88 Å². The van der Waals surface area contributed by atoms with Gasteiger partial charge < -0.3 is 9.94 Å². The highest BCUT2D eigenvalue weighted by molar-refractivity contribution is 9.18. The van der Waals surface area contributed by atoms with Gasteiger partial charge in [-0.1, -0.05) is 36.6 Å². The molecule has 0 aliphatic heterocycles. The van der Waals surface area contributed by atoms with Crippen LogP contribution in [0.3, 0.4) is 0 Å². The predicted octanol–water partition coefficient (Wildman–Crippen LogP) is 3.19. The van der Waals surface area contributed by atoms with Gasteiger partial charge in [0.05, 0.1) is 6.20 Å². The van der Waals surface area contributed by atoms with Crippen molar-refractivity contribution >= 4 is 20.6 Å². The highest BCUT2D eigenvalue weighted by Crippen LogP contribution is 2.21. The molecule has 1 heterocycles. The quantitative estimate of drug-likeness (QED) is 0.648. The molecule has 20 heavy (non-hydrogen) atoms. The van der Waals surface area contributed by atoms with Crippen LogP contribution in [0.15, 0.2) is 30.5 Å². The van der Waals surface area contributed by atoms with Crippen molar-refractivity contribution in [2.24, 2.45) is 0 Å². The van der Waals surface area contributed by atoms with Crippen LogP contribution in [0.1, 0.15) is 34.8 Å². The molecule has 2 aromatic rings. The van der Waals surface area contributed by atoms with Gasteiger partial charge in [-0.2, -0.15) is 0 Å². The van der Waals surface area contributed by atoms with Crippen LogP contribution in [0.4, 0.5) is 0 Å². The van der Waals surface area contributed by atoms with Gasteiger partial charge in [0.2, 0.25) is 10.6 Å². The zero-order valence-electron chi connectivity index (χ0n) is 11.0. The number of rotatable bonds is 6. The van der Waals surface area contributed by atoms with Gasteiger partial charge >= 0.3 is 0 Å². The summed E-state index contributed by atoms with van der Waals surface area (Å²) in [5.74, 6) is 0.312. The molecule has 1 aromatic carbocycles. The van der Waals surface area contributed by atoms with Crippen molar-refractivity contribution in [3.05, 3.63) is 47.2 Å². The van der Waals surface area contributed by atoms with Gasteiger partial charge in [-0.15, -0.1) is 4.85 Å². The van der Waals surface area contributed by atoms with Crippen molar-refractivity contribution < 1.29 is 14.7 Å². The van der Waals surface area contributed by atoms with Crippen LogP contribution in [0.25, 0.3) is 0 Å². The van der Waals surface area contributed by atoms with E-state index in [2.05, 4.69) is 28.0 Å². The van der Waals surface area contributed by atoms with E-state index in [4.69, 9.17) is 9.94 Å². The standard InChI is InChI=1S/C14H15BrN2O3/c1-2-4-10-5-3-6-11(14(15)18)12(10)9-20-13-7-8-17(19)16-13/h3,5-8,19H,2,4,9H2,1H3. The molecule has 106 valence electrons. The fourth-order valence-electron chi connectivity index (χ4n) is 2.01. The molecule has 2 rings (SSSR count). The van der Waals surface area contributed by atoms with Gasteiger partial charge in [0, 0.05) is 17.2 Å². The number of carbonyl (C=O) groups excluding carboxylic acids is 1. The Morgan fingerprint density at radius 1 is 1.45 bits per heavy atom. The first-order chi connectivity index (χ1) is 9.61. The Balaban J connectivity index is 2.25. The number of benzene rings is 1. The van der Waals surface area contributed by atoms with Gasteiger partial charge in [0.15, 0.2) is 0 Å². The summed E-state index contributed by atoms with van der Waals surface area (Å²) in [6, 6.07) is 7.18. The van der Waals surface area contributed by atoms with Gasteiger partial charge in [-0.05, 0) is 27.9 Å². The highest BCUT2D eigenvalue weighted by Gasteiger charge is 2.13. The van der Waals surface area contributed by atoms with Crippen LogP contribution in [0.2, 0.25) is 0 Å². The zero-order valence-corrected chi connectivity index (χ0v) is 12.6. The predicted molar refractivity (Wildman–Crippen MR) is 77.4 cm³/mol. The van der Waals surface area contributed by atoms with E-state index in [1.165, 1.54) is 6.20 Å². The number of ether oxygens (including phenoxy) is 1. The maximum Gasteiger partial charge on any atom is 0.236 e. The number of hydrogen-bond donors (Lipinski definition) is 1. The topological polar surface area (TPSA) is 64.3 Å². The van der Waals surface area contributed by atoms with Crippen LogP contribution in [-0.2, 0) is 13.0 Å². The normalized spacial score (nSPS) is 10.5. The molecule has 0 radical (unpaired) electrons. The Kier molecular flexibility index (Phi) is 4.79. The second-order valence-corrected chi connectivity index (χ2v) is 5.05. The average molecular weight is 339 g/mol. The molecule has 1 aromatic heterocycles. The molecular weight excluding hydrogens is 324 g/mol. The van der Waals surface area contributed by atoms with E-state index < -0.39 is 0 Å². The molecular formula is C14H15BrN2O3. The van der Waals surface area contributed by atoms with Crippen molar-refractivity contribution in [2.45, 2.75) is 26.4 Å². The number of aryl methyl sites for hydroxylation is 1. The molecule has 0 amide bonds. The van der Waals surface area contributed by atoms with E-state index in [0.717, 1.165) is 24.0 Å². The Hall–Kier alpha value is -1.82. The molecule has 5 nitrogen and oxygen atoms in total. The summed E-state index contributed by atoms with van der Waals surface area (Å²) in [6.07, 6.45) is 3.24. The van der Waals surface area contributed by atoms with E-state index >= 15 is 0 Å². The lowest BCUT2D eigenvalue weighted by Gasteiger charge is -2.12. The molecule has 0 aliphatic rings. The molecule has 0 bridgehead atoms. The van der Waals surface area contributed by atoms with Crippen LogP contribution >= 0.6 is 15.9 Å². The van der Waals surface area contributed by atoms with Crippen molar-refractivity contribution in [3.8, 4) is 5.88 Å². The van der Waals surface area contributed by atoms with Gasteiger partial charge in [-0.3, -0.25) is 4.79 Å². The minimum absolute atomic E-state index is 0.165. The van der Waals surface area contributed by atoms with Crippen LogP contribution in [-0.4, -0.2) is 19.8 Å². The van der Waals surface area contributed by atoms with E-state index in [-0.39, 0.29) is 11.3 Å². The Morgan fingerprint density at radius 2 is 2.25 bits per heavy atom. The van der Waals surface area contributed by atoms with E-state index in [9.17, 15) is 4.79 Å². The summed E-state index contributed by atoms with van der Waals surface area (Å²) in [5, 5.41) is 12.8. The summed E-state index contributed by atoms with van der Waals surface area (Å²) in [4.78, 5) is 12.3. The lowest BCUT2D eigenvalue weighted by atomic mass is 9.99. The van der Waals surface area contributed by atoms with Crippen LogP contribution < -0.4 is 4.74 Å². The Labute approximate surface area is 125 Å². The molecule has 0 atom stereocenters. The number of nitrogens with zero attached hydrogens (tertiary/aromatic N) is 2. The minimum Gasteiger partial charge on any atom is -0.472 e. The second-order valence-electron chi connectivity index (χ2n) is 4.33. The lowest BCUT2D eigenvalue weighted by molar-refractivity contribution is 0.109. The number of carbonyl (C=O) groups is 1. The van der Waals surface area contributed by atoms with Gasteiger partial charge in [0.1, 0.15) is 6.61 Å². The maximum absolute atomic E-state index is 11.6. The van der Waals surface area contributed by atoms with Crippen molar-refractivity contribution in [3.63, 3.8) is 0 Å². The Morgan fingerprint density at radius 3 is 2.85 bits per heavy atom. The van der Waals surface area contributed by atoms with Crippen molar-refractivity contribution in [2.75, 3.05) is 0 Å². The van der Waals surface area contributed by atoms with Crippen LogP contribution in [0, 0.1) is 0 Å². The van der Waals surface area contributed by atoms with E-state index in [1.807, 2.05) is 12.1 Å². The molecule has 0 fully saturated rings. The Bertz CT molecular complexity index is 610. The molecule has 1 N–H and O–H groups in total. The number of aromatic nitrogens is 2. The van der Waals surface area contributed by atoms with Crippen molar-refractivity contribution in [1.29, 1.82) is 0 Å². The fourth-order valence-corrected chi connectivity index (χ4v) is 2.39. The van der Waals surface area contributed by atoms with Gasteiger partial charge in [-0.25, -0.2) is 0 Å². The zero-order chi connectivity index (χ0) is 14.5. The first kappa shape index (κ1) is 14.6. The lowest BCUT2D eigenvalue weighted by Crippen LogP contribution is -2.07. The van der Waals surface area contributed by atoms with Gasteiger partial charge in [0.25, 0.3) is 0 Å². The molecule has 0 unspecified atom stereocenters. The molecule has 0 spiro atoms. The van der Waals surface area contributed by atoms with E-state index in [0.29, 0.717) is 16.3 Å². The SMILES string of the molecule is CCCc1cccc(C(=O)Br)c1COc1ccn(O)n1. The maximum atomic E-state index is 11.6. The molecule has 0 saturated carbocycles. The first-order valence-corrected chi connectivity index (χ1v) is 7.09. The third kappa shape index (κ3) is 3.39. The third-order valence-corrected chi connectivity index (χ3v) is 3.35. The summed E-state index contributed by atoms with van der Waals surface area (Å²) in [6.45, 7) is 2.32.